The second-order valence-electron chi connectivity index (χ2n) is 12.2. The lowest BCUT2D eigenvalue weighted by Gasteiger charge is -2.33. The summed E-state index contributed by atoms with van der Waals surface area (Å²) >= 11 is 12.3. The first-order valence-electron chi connectivity index (χ1n) is 15.8. The largest absolute Gasteiger partial charge is 0.441 e. The lowest BCUT2D eigenvalue weighted by molar-refractivity contribution is -0.123. The number of carbonyl (C=O) groups excluding carboxylic acids is 1. The third kappa shape index (κ3) is 7.12. The molecule has 44 heavy (non-hydrogen) atoms. The standard InChI is InChI=1S/C35H40Cl2N4O3/c1-23-31(38-34(43-23)25-9-13-27(36)14-10-25)29(21-40-17-5-3-6-18-40)33(42)30(22-41-19-7-4-8-20-41)32-24(2)44-35(39-32)26-11-15-28(37)16-12-26/h9-16,29-30H,3-8,17-22H2,1-2H3. The Morgan fingerprint density at radius 2 is 1.02 bits per heavy atom. The smallest absolute Gasteiger partial charge is 0.226 e. The summed E-state index contributed by atoms with van der Waals surface area (Å²) in [7, 11) is 0. The number of piperidine rings is 2. The predicted molar refractivity (Wildman–Crippen MR) is 174 cm³/mol. The van der Waals surface area contributed by atoms with Gasteiger partial charge in [0.25, 0.3) is 0 Å². The summed E-state index contributed by atoms with van der Waals surface area (Å²) in [5.41, 5.74) is 3.07. The first-order chi connectivity index (χ1) is 21.4. The van der Waals surface area contributed by atoms with Crippen LogP contribution in [-0.4, -0.2) is 64.8 Å². The molecule has 0 aliphatic carbocycles. The Balaban J connectivity index is 1.39. The van der Waals surface area contributed by atoms with E-state index >= 15 is 4.79 Å². The van der Waals surface area contributed by atoms with Crippen molar-refractivity contribution in [2.45, 2.75) is 64.2 Å². The average Bonchev–Trinajstić information content (AvgIpc) is 3.62. The summed E-state index contributed by atoms with van der Waals surface area (Å²) in [6, 6.07) is 14.9. The molecule has 2 aliphatic heterocycles. The molecule has 2 atom stereocenters. The van der Waals surface area contributed by atoms with Crippen LogP contribution in [0.3, 0.4) is 0 Å². The molecule has 0 bridgehead atoms. The maximum atomic E-state index is 15.0. The molecule has 2 unspecified atom stereocenters. The van der Waals surface area contributed by atoms with Gasteiger partial charge < -0.3 is 18.6 Å². The molecule has 232 valence electrons. The Morgan fingerprint density at radius 3 is 1.39 bits per heavy atom. The number of carbonyl (C=O) groups is 1. The predicted octanol–water partition coefficient (Wildman–Crippen LogP) is 8.33. The van der Waals surface area contributed by atoms with Crippen LogP contribution in [0.5, 0.6) is 0 Å². The molecule has 9 heteroatoms. The van der Waals surface area contributed by atoms with E-state index in [-0.39, 0.29) is 5.78 Å². The Kier molecular flexibility index (Phi) is 9.86. The number of aromatic nitrogens is 2. The second-order valence-corrected chi connectivity index (χ2v) is 13.0. The molecule has 0 amide bonds. The maximum Gasteiger partial charge on any atom is 0.226 e. The van der Waals surface area contributed by atoms with Crippen molar-refractivity contribution in [3.05, 3.63) is 81.5 Å². The molecule has 2 saturated heterocycles. The van der Waals surface area contributed by atoms with Gasteiger partial charge in [0, 0.05) is 34.3 Å². The van der Waals surface area contributed by atoms with Crippen molar-refractivity contribution in [2.24, 2.45) is 0 Å². The number of Topliss-reactive ketones (excluding diaryl/α,β-unsaturated/α-hetero) is 1. The third-order valence-corrected chi connectivity index (χ3v) is 9.48. The first-order valence-corrected chi connectivity index (χ1v) is 16.6. The van der Waals surface area contributed by atoms with E-state index in [4.69, 9.17) is 42.0 Å². The number of hydrogen-bond acceptors (Lipinski definition) is 7. The van der Waals surface area contributed by atoms with Crippen LogP contribution in [-0.2, 0) is 4.79 Å². The quantitative estimate of drug-likeness (QED) is 0.173. The highest BCUT2D eigenvalue weighted by molar-refractivity contribution is 6.30. The van der Waals surface area contributed by atoms with Gasteiger partial charge in [-0.15, -0.1) is 0 Å². The molecule has 4 heterocycles. The lowest BCUT2D eigenvalue weighted by Crippen LogP contribution is -2.41. The normalized spacial score (nSPS) is 17.9. The fourth-order valence-corrected chi connectivity index (χ4v) is 6.81. The van der Waals surface area contributed by atoms with Crippen molar-refractivity contribution in [1.29, 1.82) is 0 Å². The van der Waals surface area contributed by atoms with E-state index in [0.29, 0.717) is 57.8 Å². The number of hydrogen-bond donors (Lipinski definition) is 0. The van der Waals surface area contributed by atoms with Gasteiger partial charge in [-0.1, -0.05) is 36.0 Å². The summed E-state index contributed by atoms with van der Waals surface area (Å²) in [5, 5.41) is 1.30. The van der Waals surface area contributed by atoms with Crippen LogP contribution < -0.4 is 0 Å². The summed E-state index contributed by atoms with van der Waals surface area (Å²) < 4.78 is 12.4. The molecule has 2 aromatic carbocycles. The van der Waals surface area contributed by atoms with Crippen LogP contribution in [0, 0.1) is 13.8 Å². The minimum absolute atomic E-state index is 0.110. The molecule has 2 aliphatic rings. The van der Waals surface area contributed by atoms with Crippen molar-refractivity contribution in [2.75, 3.05) is 39.3 Å². The number of benzene rings is 2. The number of halogens is 2. The topological polar surface area (TPSA) is 75.6 Å². The SMILES string of the molecule is Cc1oc(-c2ccc(Cl)cc2)nc1C(CN1CCCCC1)C(=O)C(CN1CCCCC1)c1nc(-c2ccc(Cl)cc2)oc1C. The minimum atomic E-state index is -0.470. The highest BCUT2D eigenvalue weighted by Crippen LogP contribution is 2.36. The van der Waals surface area contributed by atoms with Gasteiger partial charge in [-0.25, -0.2) is 9.97 Å². The molecule has 0 spiro atoms. The average molecular weight is 636 g/mol. The number of aryl methyl sites for hydroxylation is 2. The number of ketones is 1. The third-order valence-electron chi connectivity index (χ3n) is 8.97. The first kappa shape index (κ1) is 31.0. The van der Waals surface area contributed by atoms with Gasteiger partial charge >= 0.3 is 0 Å². The maximum absolute atomic E-state index is 15.0. The van der Waals surface area contributed by atoms with Gasteiger partial charge in [0.05, 0.1) is 23.2 Å². The summed E-state index contributed by atoms with van der Waals surface area (Å²) in [4.78, 5) is 29.8. The Labute approximate surface area is 269 Å². The molecule has 2 fully saturated rings. The van der Waals surface area contributed by atoms with Crippen LogP contribution in [0.2, 0.25) is 10.0 Å². The highest BCUT2D eigenvalue weighted by atomic mass is 35.5. The van der Waals surface area contributed by atoms with E-state index in [1.54, 1.807) is 0 Å². The van der Waals surface area contributed by atoms with Crippen molar-refractivity contribution in [3.8, 4) is 22.9 Å². The molecule has 2 aromatic heterocycles. The van der Waals surface area contributed by atoms with Gasteiger partial charge in [-0.2, -0.15) is 0 Å². The highest BCUT2D eigenvalue weighted by Gasteiger charge is 2.38. The Morgan fingerprint density at radius 1 is 0.659 bits per heavy atom. The fourth-order valence-electron chi connectivity index (χ4n) is 6.56. The lowest BCUT2D eigenvalue weighted by atomic mass is 9.85. The van der Waals surface area contributed by atoms with Crippen LogP contribution in [0.1, 0.15) is 73.3 Å². The van der Waals surface area contributed by atoms with Crippen LogP contribution >= 0.6 is 23.2 Å². The van der Waals surface area contributed by atoms with Crippen LogP contribution in [0.15, 0.2) is 57.4 Å². The van der Waals surface area contributed by atoms with Crippen molar-refractivity contribution in [1.82, 2.24) is 19.8 Å². The Bertz CT molecular complexity index is 1440. The molecular formula is C35H40Cl2N4O3. The van der Waals surface area contributed by atoms with E-state index in [9.17, 15) is 0 Å². The van der Waals surface area contributed by atoms with E-state index in [0.717, 1.165) is 63.0 Å². The van der Waals surface area contributed by atoms with Crippen LogP contribution in [0.25, 0.3) is 22.9 Å². The number of nitrogens with zero attached hydrogens (tertiary/aromatic N) is 4. The van der Waals surface area contributed by atoms with Gasteiger partial charge in [0.2, 0.25) is 11.8 Å². The fraction of sp³-hybridized carbons (Fsp3) is 0.457. The molecule has 6 rings (SSSR count). The van der Waals surface area contributed by atoms with E-state index in [2.05, 4.69) is 9.80 Å². The van der Waals surface area contributed by atoms with Gasteiger partial charge in [0.1, 0.15) is 11.5 Å². The monoisotopic (exact) mass is 634 g/mol. The van der Waals surface area contributed by atoms with Crippen molar-refractivity contribution in [3.63, 3.8) is 0 Å². The van der Waals surface area contributed by atoms with E-state index < -0.39 is 11.8 Å². The number of likely N-dealkylation sites (tertiary alicyclic amines) is 2. The van der Waals surface area contributed by atoms with Crippen molar-refractivity contribution >= 4 is 29.0 Å². The molecule has 0 N–H and O–H groups in total. The van der Waals surface area contributed by atoms with Crippen molar-refractivity contribution < 1.29 is 13.6 Å². The van der Waals surface area contributed by atoms with Crippen LogP contribution in [0.4, 0.5) is 0 Å². The zero-order chi connectivity index (χ0) is 30.6. The second kappa shape index (κ2) is 14.0. The molecule has 4 aromatic rings. The van der Waals surface area contributed by atoms with Gasteiger partial charge in [-0.05, 0) is 114 Å². The molecule has 0 saturated carbocycles. The summed E-state index contributed by atoms with van der Waals surface area (Å²) in [6.07, 6.45) is 7.00. The molecule has 0 radical (unpaired) electrons. The van der Waals surface area contributed by atoms with Gasteiger partial charge in [0.15, 0.2) is 5.78 Å². The summed E-state index contributed by atoms with van der Waals surface area (Å²) in [6.45, 7) is 8.94. The zero-order valence-corrected chi connectivity index (χ0v) is 27.0. The van der Waals surface area contributed by atoms with E-state index in [1.165, 1.54) is 12.8 Å². The molecular weight excluding hydrogens is 595 g/mol. The molecule has 7 nitrogen and oxygen atoms in total. The number of rotatable bonds is 10. The summed E-state index contributed by atoms with van der Waals surface area (Å²) in [5.74, 6) is 1.51. The van der Waals surface area contributed by atoms with E-state index in [1.807, 2.05) is 62.4 Å². The number of oxazole rings is 2. The Hall–Kier alpha value is -2.97. The minimum Gasteiger partial charge on any atom is -0.441 e. The van der Waals surface area contributed by atoms with Gasteiger partial charge in [-0.3, -0.25) is 4.79 Å². The zero-order valence-electron chi connectivity index (χ0n) is 25.5.